The van der Waals surface area contributed by atoms with Crippen molar-refractivity contribution in [3.63, 3.8) is 0 Å². The Morgan fingerprint density at radius 1 is 1.09 bits per heavy atom. The van der Waals surface area contributed by atoms with E-state index >= 15 is 0 Å². The fourth-order valence-corrected chi connectivity index (χ4v) is 4.29. The van der Waals surface area contributed by atoms with Crippen LogP contribution in [0.4, 0.5) is 0 Å². The first-order valence-electron chi connectivity index (χ1n) is 12.4. The lowest BCUT2D eigenvalue weighted by atomic mass is 10.1. The van der Waals surface area contributed by atoms with E-state index in [4.69, 9.17) is 9.72 Å². The Kier molecular flexibility index (Phi) is 8.85. The zero-order valence-electron chi connectivity index (χ0n) is 21.1. The van der Waals surface area contributed by atoms with Crippen LogP contribution in [0.5, 0.6) is 5.75 Å². The summed E-state index contributed by atoms with van der Waals surface area (Å²) in [6, 6.07) is 14.5. The Morgan fingerprint density at radius 3 is 2.47 bits per heavy atom. The molecule has 2 aromatic carbocycles. The molecule has 6 nitrogen and oxygen atoms in total. The average Bonchev–Trinajstić information content (AvgIpc) is 2.85. The Morgan fingerprint density at radius 2 is 1.79 bits per heavy atom. The molecule has 0 aliphatic heterocycles. The lowest BCUT2D eigenvalue weighted by molar-refractivity contribution is -0.134. The number of aromatic nitrogens is 2. The van der Waals surface area contributed by atoms with Crippen LogP contribution in [0.1, 0.15) is 71.7 Å². The van der Waals surface area contributed by atoms with Crippen molar-refractivity contribution in [2.24, 2.45) is 5.92 Å². The number of unbranched alkanes of at least 4 members (excludes halogenated alkanes) is 1. The summed E-state index contributed by atoms with van der Waals surface area (Å²) < 4.78 is 7.25. The predicted octanol–water partition coefficient (Wildman–Crippen LogP) is 5.91. The first-order valence-corrected chi connectivity index (χ1v) is 12.4. The topological polar surface area (TPSA) is 64.4 Å². The summed E-state index contributed by atoms with van der Waals surface area (Å²) in [5, 5.41) is 0.540. The minimum absolute atomic E-state index is 0.114. The summed E-state index contributed by atoms with van der Waals surface area (Å²) in [5.74, 6) is 1.73. The van der Waals surface area contributed by atoms with E-state index < -0.39 is 0 Å². The van der Waals surface area contributed by atoms with Gasteiger partial charge >= 0.3 is 0 Å². The van der Waals surface area contributed by atoms with Crippen LogP contribution in [0.15, 0.2) is 53.3 Å². The van der Waals surface area contributed by atoms with Crippen molar-refractivity contribution in [2.45, 2.75) is 65.8 Å². The van der Waals surface area contributed by atoms with Gasteiger partial charge in [0.1, 0.15) is 11.6 Å². The molecule has 34 heavy (non-hydrogen) atoms. The van der Waals surface area contributed by atoms with E-state index in [1.807, 2.05) is 54.3 Å². The molecule has 0 bridgehead atoms. The van der Waals surface area contributed by atoms with Crippen molar-refractivity contribution in [3.05, 3.63) is 64.7 Å². The van der Waals surface area contributed by atoms with Crippen LogP contribution in [-0.4, -0.2) is 34.0 Å². The minimum atomic E-state index is -0.328. The van der Waals surface area contributed by atoms with Crippen molar-refractivity contribution in [1.82, 2.24) is 14.5 Å². The molecule has 0 saturated heterocycles. The Balaban J connectivity index is 2.27. The largest absolute Gasteiger partial charge is 0.495 e. The van der Waals surface area contributed by atoms with Crippen LogP contribution >= 0.6 is 0 Å². The smallest absolute Gasteiger partial charge is 0.266 e. The highest BCUT2D eigenvalue weighted by Gasteiger charge is 2.29. The molecule has 0 saturated carbocycles. The highest BCUT2D eigenvalue weighted by atomic mass is 16.5. The van der Waals surface area contributed by atoms with E-state index in [2.05, 4.69) is 20.8 Å². The van der Waals surface area contributed by atoms with Gasteiger partial charge < -0.3 is 9.64 Å². The van der Waals surface area contributed by atoms with Crippen molar-refractivity contribution >= 4 is 16.8 Å². The SMILES string of the molecule is CCCCC(=O)N(CCC(C)C)C(CC)c1nc2ccccc2c(=O)n1-c1ccccc1OC. The van der Waals surface area contributed by atoms with Crippen LogP contribution in [0.25, 0.3) is 16.6 Å². The second-order valence-electron chi connectivity index (χ2n) is 9.10. The average molecular weight is 464 g/mol. The number of ether oxygens (including phenoxy) is 1. The normalized spacial score (nSPS) is 12.2. The number of fused-ring (bicyclic) bond motifs is 1. The monoisotopic (exact) mass is 463 g/mol. The number of methoxy groups -OCH3 is 1. The fourth-order valence-electron chi connectivity index (χ4n) is 4.29. The highest BCUT2D eigenvalue weighted by molar-refractivity contribution is 5.79. The Labute approximate surface area is 202 Å². The number of carbonyl (C=O) groups excluding carboxylic acids is 1. The first-order chi connectivity index (χ1) is 16.4. The molecule has 1 heterocycles. The molecule has 0 N–H and O–H groups in total. The minimum Gasteiger partial charge on any atom is -0.495 e. The number of carbonyl (C=O) groups is 1. The number of nitrogens with zero attached hydrogens (tertiary/aromatic N) is 3. The molecule has 1 aromatic heterocycles. The van der Waals surface area contributed by atoms with Gasteiger partial charge in [-0.15, -0.1) is 0 Å². The van der Waals surface area contributed by atoms with Gasteiger partial charge in [-0.1, -0.05) is 58.4 Å². The summed E-state index contributed by atoms with van der Waals surface area (Å²) in [4.78, 5) is 34.2. The summed E-state index contributed by atoms with van der Waals surface area (Å²) in [6.07, 6.45) is 3.84. The Bertz CT molecular complexity index is 1170. The zero-order valence-corrected chi connectivity index (χ0v) is 21.1. The molecule has 1 amide bonds. The maximum absolute atomic E-state index is 13.8. The van der Waals surface area contributed by atoms with Gasteiger partial charge in [0, 0.05) is 13.0 Å². The molecular weight excluding hydrogens is 426 g/mol. The van der Waals surface area contributed by atoms with Gasteiger partial charge in [0.2, 0.25) is 5.91 Å². The summed E-state index contributed by atoms with van der Waals surface area (Å²) in [6.45, 7) is 9.10. The van der Waals surface area contributed by atoms with E-state index in [-0.39, 0.29) is 17.5 Å². The predicted molar refractivity (Wildman–Crippen MR) is 138 cm³/mol. The molecule has 0 fully saturated rings. The van der Waals surface area contributed by atoms with Crippen LogP contribution in [0.2, 0.25) is 0 Å². The molecule has 0 aliphatic carbocycles. The first kappa shape index (κ1) is 25.5. The zero-order chi connectivity index (χ0) is 24.7. The molecule has 3 rings (SSSR count). The maximum atomic E-state index is 13.8. The summed E-state index contributed by atoms with van der Waals surface area (Å²) in [5.41, 5.74) is 1.11. The van der Waals surface area contributed by atoms with Gasteiger partial charge in [-0.25, -0.2) is 4.98 Å². The molecule has 0 radical (unpaired) electrons. The molecular formula is C28H37N3O3. The quantitative estimate of drug-likeness (QED) is 0.355. The molecule has 1 atom stereocenters. The van der Waals surface area contributed by atoms with Gasteiger partial charge in [-0.3, -0.25) is 14.2 Å². The van der Waals surface area contributed by atoms with Crippen molar-refractivity contribution < 1.29 is 9.53 Å². The van der Waals surface area contributed by atoms with Crippen LogP contribution < -0.4 is 10.3 Å². The summed E-state index contributed by atoms with van der Waals surface area (Å²) >= 11 is 0. The molecule has 0 aliphatic rings. The van der Waals surface area contributed by atoms with Crippen LogP contribution in [-0.2, 0) is 4.79 Å². The number of hydrogen-bond donors (Lipinski definition) is 0. The maximum Gasteiger partial charge on any atom is 0.266 e. The Hall–Kier alpha value is -3.15. The molecule has 6 heteroatoms. The second kappa shape index (κ2) is 11.8. The molecule has 0 spiro atoms. The van der Waals surface area contributed by atoms with Crippen molar-refractivity contribution in [3.8, 4) is 11.4 Å². The molecule has 182 valence electrons. The number of hydrogen-bond acceptors (Lipinski definition) is 4. The van der Waals surface area contributed by atoms with E-state index in [1.165, 1.54) is 0 Å². The van der Waals surface area contributed by atoms with Crippen molar-refractivity contribution in [1.29, 1.82) is 0 Å². The van der Waals surface area contributed by atoms with E-state index in [9.17, 15) is 9.59 Å². The van der Waals surface area contributed by atoms with Gasteiger partial charge in [0.25, 0.3) is 5.56 Å². The van der Waals surface area contributed by atoms with Crippen LogP contribution in [0.3, 0.4) is 0 Å². The van der Waals surface area contributed by atoms with E-state index in [0.717, 1.165) is 19.3 Å². The van der Waals surface area contributed by atoms with Crippen LogP contribution in [0, 0.1) is 5.92 Å². The second-order valence-corrected chi connectivity index (χ2v) is 9.10. The molecule has 3 aromatic rings. The third-order valence-electron chi connectivity index (χ3n) is 6.20. The lowest BCUT2D eigenvalue weighted by Crippen LogP contribution is -2.39. The van der Waals surface area contributed by atoms with E-state index in [1.54, 1.807) is 17.7 Å². The number of benzene rings is 2. The number of para-hydroxylation sites is 3. The van der Waals surface area contributed by atoms with Gasteiger partial charge in [-0.2, -0.15) is 0 Å². The van der Waals surface area contributed by atoms with Gasteiger partial charge in [0.15, 0.2) is 0 Å². The third-order valence-corrected chi connectivity index (χ3v) is 6.20. The third kappa shape index (κ3) is 5.49. The summed E-state index contributed by atoms with van der Waals surface area (Å²) in [7, 11) is 1.60. The van der Waals surface area contributed by atoms with E-state index in [0.29, 0.717) is 53.5 Å². The fraction of sp³-hybridized carbons (Fsp3) is 0.464. The lowest BCUT2D eigenvalue weighted by Gasteiger charge is -2.33. The van der Waals surface area contributed by atoms with Gasteiger partial charge in [0.05, 0.1) is 29.7 Å². The highest BCUT2D eigenvalue weighted by Crippen LogP contribution is 2.30. The standard InChI is InChI=1S/C28H37N3O3/c1-6-8-17-26(32)30(19-18-20(3)4)23(7-2)27-29-22-14-10-9-13-21(22)28(33)31(27)24-15-11-12-16-25(24)34-5/h9-16,20,23H,6-8,17-19H2,1-5H3. The number of rotatable bonds is 11. The number of amides is 1. The van der Waals surface area contributed by atoms with Gasteiger partial charge in [-0.05, 0) is 49.4 Å². The van der Waals surface area contributed by atoms with Crippen molar-refractivity contribution in [2.75, 3.05) is 13.7 Å². The molecule has 1 unspecified atom stereocenters.